The van der Waals surface area contributed by atoms with E-state index in [4.69, 9.17) is 10.5 Å². The first-order valence-electron chi connectivity index (χ1n) is 7.12. The Morgan fingerprint density at radius 2 is 2.00 bits per heavy atom. The second kappa shape index (κ2) is 6.85. The minimum absolute atomic E-state index is 0.196. The maximum atomic E-state index is 12.3. The van der Waals surface area contributed by atoms with Crippen molar-refractivity contribution in [2.45, 2.75) is 6.92 Å². The van der Waals surface area contributed by atoms with E-state index in [1.165, 1.54) is 0 Å². The Bertz CT molecular complexity index is 669. The van der Waals surface area contributed by atoms with Crippen LogP contribution in [0.2, 0.25) is 0 Å². The fraction of sp³-hybridized carbons (Fsp3) is 0.235. The number of anilines is 3. The third-order valence-corrected chi connectivity index (χ3v) is 3.17. The van der Waals surface area contributed by atoms with Gasteiger partial charge in [0.1, 0.15) is 5.75 Å². The molecule has 5 nitrogen and oxygen atoms in total. The Kier molecular flexibility index (Phi) is 4.88. The number of carbonyl (C=O) groups excluding carboxylic acids is 1. The number of hydrogen-bond acceptors (Lipinski definition) is 4. The lowest BCUT2D eigenvalue weighted by molar-refractivity contribution is 0.102. The van der Waals surface area contributed by atoms with Gasteiger partial charge in [-0.05, 0) is 43.3 Å². The van der Waals surface area contributed by atoms with E-state index in [0.717, 1.165) is 5.69 Å². The van der Waals surface area contributed by atoms with E-state index < -0.39 is 0 Å². The van der Waals surface area contributed by atoms with Gasteiger partial charge in [0.05, 0.1) is 18.0 Å². The largest absolute Gasteiger partial charge is 0.494 e. The third-order valence-electron chi connectivity index (χ3n) is 3.17. The quantitative estimate of drug-likeness (QED) is 0.833. The number of nitrogen functional groups attached to an aromatic ring is 1. The lowest BCUT2D eigenvalue weighted by Crippen LogP contribution is -2.14. The second-order valence-corrected chi connectivity index (χ2v) is 5.08. The molecule has 0 aromatic heterocycles. The van der Waals surface area contributed by atoms with Crippen molar-refractivity contribution < 1.29 is 9.53 Å². The van der Waals surface area contributed by atoms with E-state index in [2.05, 4.69) is 5.32 Å². The first-order chi connectivity index (χ1) is 10.5. The van der Waals surface area contributed by atoms with Gasteiger partial charge in [-0.1, -0.05) is 6.07 Å². The van der Waals surface area contributed by atoms with Crippen LogP contribution >= 0.6 is 0 Å². The summed E-state index contributed by atoms with van der Waals surface area (Å²) in [6, 6.07) is 12.5. The molecule has 0 radical (unpaired) electrons. The van der Waals surface area contributed by atoms with Crippen molar-refractivity contribution in [1.82, 2.24) is 0 Å². The maximum absolute atomic E-state index is 12.3. The summed E-state index contributed by atoms with van der Waals surface area (Å²) in [4.78, 5) is 14.2. The first-order valence-corrected chi connectivity index (χ1v) is 7.12. The molecule has 116 valence electrons. The first kappa shape index (κ1) is 15.7. The second-order valence-electron chi connectivity index (χ2n) is 5.08. The summed E-state index contributed by atoms with van der Waals surface area (Å²) in [7, 11) is 3.84. The third kappa shape index (κ3) is 3.69. The summed E-state index contributed by atoms with van der Waals surface area (Å²) in [6.07, 6.45) is 0. The zero-order chi connectivity index (χ0) is 16.1. The molecule has 3 N–H and O–H groups in total. The molecular formula is C17H21N3O2. The average molecular weight is 299 g/mol. The molecule has 0 unspecified atom stereocenters. The molecule has 0 saturated heterocycles. The van der Waals surface area contributed by atoms with Crippen molar-refractivity contribution in [3.05, 3.63) is 48.0 Å². The Morgan fingerprint density at radius 3 is 2.64 bits per heavy atom. The van der Waals surface area contributed by atoms with E-state index in [1.807, 2.05) is 44.1 Å². The molecule has 22 heavy (non-hydrogen) atoms. The molecule has 1 amide bonds. The van der Waals surface area contributed by atoms with Crippen molar-refractivity contribution in [3.8, 4) is 5.75 Å². The lowest BCUT2D eigenvalue weighted by Gasteiger charge is -2.16. The number of benzene rings is 2. The fourth-order valence-electron chi connectivity index (χ4n) is 2.14. The van der Waals surface area contributed by atoms with Crippen molar-refractivity contribution in [1.29, 1.82) is 0 Å². The Hall–Kier alpha value is -2.69. The smallest absolute Gasteiger partial charge is 0.255 e. The molecule has 0 aliphatic heterocycles. The predicted octanol–water partition coefficient (Wildman–Crippen LogP) is 2.99. The highest BCUT2D eigenvalue weighted by Crippen LogP contribution is 2.25. The summed E-state index contributed by atoms with van der Waals surface area (Å²) in [5.74, 6) is 0.483. The zero-order valence-corrected chi connectivity index (χ0v) is 13.1. The highest BCUT2D eigenvalue weighted by atomic mass is 16.5. The highest BCUT2D eigenvalue weighted by Gasteiger charge is 2.09. The van der Waals surface area contributed by atoms with Crippen LogP contribution < -0.4 is 20.7 Å². The van der Waals surface area contributed by atoms with Gasteiger partial charge in [0.2, 0.25) is 0 Å². The van der Waals surface area contributed by atoms with Crippen molar-refractivity contribution in [3.63, 3.8) is 0 Å². The normalized spacial score (nSPS) is 10.1. The van der Waals surface area contributed by atoms with Crippen LogP contribution in [-0.4, -0.2) is 26.6 Å². The van der Waals surface area contributed by atoms with Crippen LogP contribution in [0.3, 0.4) is 0 Å². The van der Waals surface area contributed by atoms with Gasteiger partial charge in [-0.2, -0.15) is 0 Å². The van der Waals surface area contributed by atoms with Gasteiger partial charge in [-0.15, -0.1) is 0 Å². The molecule has 2 rings (SSSR count). The van der Waals surface area contributed by atoms with Gasteiger partial charge in [0.25, 0.3) is 5.91 Å². The van der Waals surface area contributed by atoms with E-state index >= 15 is 0 Å². The van der Waals surface area contributed by atoms with Gasteiger partial charge in [0.15, 0.2) is 0 Å². The van der Waals surface area contributed by atoms with Crippen LogP contribution in [0.15, 0.2) is 42.5 Å². The van der Waals surface area contributed by atoms with Gasteiger partial charge in [-0.3, -0.25) is 4.79 Å². The molecule has 0 saturated carbocycles. The maximum Gasteiger partial charge on any atom is 0.255 e. The Morgan fingerprint density at radius 1 is 1.23 bits per heavy atom. The molecule has 0 bridgehead atoms. The zero-order valence-electron chi connectivity index (χ0n) is 13.1. The van der Waals surface area contributed by atoms with Gasteiger partial charge < -0.3 is 20.7 Å². The number of carbonyl (C=O) groups is 1. The summed E-state index contributed by atoms with van der Waals surface area (Å²) in [5.41, 5.74) is 8.72. The molecule has 0 atom stereocenters. The van der Waals surface area contributed by atoms with Gasteiger partial charge in [-0.25, -0.2) is 0 Å². The lowest BCUT2D eigenvalue weighted by atomic mass is 10.2. The number of nitrogens with one attached hydrogen (secondary N) is 1. The average Bonchev–Trinajstić information content (AvgIpc) is 2.47. The van der Waals surface area contributed by atoms with Crippen molar-refractivity contribution in [2.24, 2.45) is 0 Å². The minimum Gasteiger partial charge on any atom is -0.494 e. The number of amides is 1. The van der Waals surface area contributed by atoms with E-state index in [0.29, 0.717) is 29.3 Å². The number of hydrogen-bond donors (Lipinski definition) is 2. The monoisotopic (exact) mass is 299 g/mol. The molecule has 0 aliphatic carbocycles. The molecule has 0 spiro atoms. The van der Waals surface area contributed by atoms with Crippen molar-refractivity contribution >= 4 is 23.0 Å². The molecule has 0 heterocycles. The van der Waals surface area contributed by atoms with Gasteiger partial charge >= 0.3 is 0 Å². The topological polar surface area (TPSA) is 67.6 Å². The summed E-state index contributed by atoms with van der Waals surface area (Å²) in [5, 5.41) is 2.84. The number of ether oxygens (including phenoxy) is 1. The van der Waals surface area contributed by atoms with E-state index in [1.54, 1.807) is 24.3 Å². The van der Waals surface area contributed by atoms with Gasteiger partial charge in [0, 0.05) is 25.3 Å². The molecule has 0 fully saturated rings. The number of rotatable bonds is 5. The van der Waals surface area contributed by atoms with Crippen LogP contribution in [0.1, 0.15) is 17.3 Å². The predicted molar refractivity (Wildman–Crippen MR) is 90.7 cm³/mol. The van der Waals surface area contributed by atoms with Crippen LogP contribution in [0.25, 0.3) is 0 Å². The van der Waals surface area contributed by atoms with Crippen LogP contribution in [0.5, 0.6) is 5.75 Å². The van der Waals surface area contributed by atoms with E-state index in [-0.39, 0.29) is 5.91 Å². The summed E-state index contributed by atoms with van der Waals surface area (Å²) < 4.78 is 5.40. The van der Waals surface area contributed by atoms with E-state index in [9.17, 15) is 4.79 Å². The SMILES string of the molecule is CCOc1cccc(C(=O)Nc2ccc(N(C)C)c(N)c2)c1. The summed E-state index contributed by atoms with van der Waals surface area (Å²) in [6.45, 7) is 2.47. The molecular weight excluding hydrogens is 278 g/mol. The molecule has 0 aliphatic rings. The molecule has 5 heteroatoms. The summed E-state index contributed by atoms with van der Waals surface area (Å²) >= 11 is 0. The highest BCUT2D eigenvalue weighted by molar-refractivity contribution is 6.04. The standard InChI is InChI=1S/C17H21N3O2/c1-4-22-14-7-5-6-12(10-14)17(21)19-13-8-9-16(20(2)3)15(18)11-13/h5-11H,4,18H2,1-3H3,(H,19,21). The van der Waals surface area contributed by atoms with Crippen LogP contribution in [0, 0.1) is 0 Å². The van der Waals surface area contributed by atoms with Crippen LogP contribution in [-0.2, 0) is 0 Å². The minimum atomic E-state index is -0.196. The number of nitrogens with two attached hydrogens (primary N) is 1. The number of nitrogens with zero attached hydrogens (tertiary/aromatic N) is 1. The fourth-order valence-corrected chi connectivity index (χ4v) is 2.14. The Labute approximate surface area is 130 Å². The van der Waals surface area contributed by atoms with Crippen molar-refractivity contribution in [2.75, 3.05) is 36.7 Å². The molecule has 2 aromatic carbocycles. The van der Waals surface area contributed by atoms with Crippen LogP contribution in [0.4, 0.5) is 17.1 Å². The molecule has 2 aromatic rings. The Balaban J connectivity index is 2.15.